The lowest BCUT2D eigenvalue weighted by Gasteiger charge is -2.22. The largest absolute Gasteiger partial charge is 0.382 e. The summed E-state index contributed by atoms with van der Waals surface area (Å²) in [6, 6.07) is 6.19. The van der Waals surface area contributed by atoms with Crippen LogP contribution in [0.2, 0.25) is 0 Å². The molecule has 13 heavy (non-hydrogen) atoms. The number of rotatable bonds is 0. The van der Waals surface area contributed by atoms with Crippen molar-refractivity contribution in [3.8, 4) is 0 Å². The minimum absolute atomic E-state index is 0.250. The Kier molecular flexibility index (Phi) is 2.27. The molecule has 1 aromatic rings. The van der Waals surface area contributed by atoms with Gasteiger partial charge in [0.2, 0.25) is 0 Å². The van der Waals surface area contributed by atoms with Gasteiger partial charge < -0.3 is 5.32 Å². The molecule has 0 fully saturated rings. The van der Waals surface area contributed by atoms with Gasteiger partial charge in [0.1, 0.15) is 0 Å². The maximum absolute atomic E-state index is 11.6. The summed E-state index contributed by atoms with van der Waals surface area (Å²) in [5.41, 5.74) is 1.81. The maximum atomic E-state index is 11.6. The topological polar surface area (TPSA) is 29.1 Å². The summed E-state index contributed by atoms with van der Waals surface area (Å²) in [7, 11) is 0. The average Bonchev–Trinajstić information content (AvgIpc) is 2.06. The number of anilines is 1. The Morgan fingerprint density at radius 3 is 3.08 bits per heavy atom. The van der Waals surface area contributed by atoms with E-state index in [0.29, 0.717) is 6.42 Å². The van der Waals surface area contributed by atoms with Crippen molar-refractivity contribution in [1.29, 1.82) is 0 Å². The molecule has 0 aliphatic carbocycles. The number of benzene rings is 1. The Morgan fingerprint density at radius 2 is 2.31 bits per heavy atom. The van der Waals surface area contributed by atoms with Gasteiger partial charge >= 0.3 is 0 Å². The highest BCUT2D eigenvalue weighted by molar-refractivity contribution is 14.1. The van der Waals surface area contributed by atoms with E-state index in [-0.39, 0.29) is 11.8 Å². The van der Waals surface area contributed by atoms with Crippen molar-refractivity contribution in [3.05, 3.63) is 27.3 Å². The molecular weight excluding hydrogens is 277 g/mol. The van der Waals surface area contributed by atoms with Crippen LogP contribution >= 0.6 is 22.6 Å². The van der Waals surface area contributed by atoms with Gasteiger partial charge in [-0.05, 0) is 47.7 Å². The Balaban J connectivity index is 2.49. The Bertz CT molecular complexity index is 362. The first-order chi connectivity index (χ1) is 6.16. The first-order valence-electron chi connectivity index (χ1n) is 4.26. The lowest BCUT2D eigenvalue weighted by molar-refractivity contribution is 0.0974. The highest BCUT2D eigenvalue weighted by Crippen LogP contribution is 2.26. The van der Waals surface area contributed by atoms with Gasteiger partial charge in [-0.1, -0.05) is 0 Å². The fraction of sp³-hybridized carbons (Fsp3) is 0.300. The maximum Gasteiger partial charge on any atom is 0.167 e. The van der Waals surface area contributed by atoms with Gasteiger partial charge in [0, 0.05) is 27.3 Å². The Hall–Kier alpha value is -0.580. The molecule has 0 bridgehead atoms. The SMILES string of the molecule is CC1CC(=O)c2cc(I)ccc2N1. The van der Waals surface area contributed by atoms with Crippen molar-refractivity contribution < 1.29 is 4.79 Å². The van der Waals surface area contributed by atoms with E-state index in [2.05, 4.69) is 27.9 Å². The third kappa shape index (κ3) is 1.70. The molecule has 1 aliphatic heterocycles. The van der Waals surface area contributed by atoms with Crippen LogP contribution in [0.1, 0.15) is 23.7 Å². The van der Waals surface area contributed by atoms with Crippen LogP contribution in [-0.2, 0) is 0 Å². The summed E-state index contributed by atoms with van der Waals surface area (Å²) in [6.07, 6.45) is 0.604. The number of nitrogens with one attached hydrogen (secondary N) is 1. The average molecular weight is 287 g/mol. The van der Waals surface area contributed by atoms with E-state index in [0.717, 1.165) is 14.8 Å². The van der Waals surface area contributed by atoms with Gasteiger partial charge in [-0.15, -0.1) is 0 Å². The van der Waals surface area contributed by atoms with Crippen LogP contribution in [0.25, 0.3) is 0 Å². The van der Waals surface area contributed by atoms with Crippen LogP contribution in [0.5, 0.6) is 0 Å². The molecule has 0 aromatic heterocycles. The molecule has 1 aliphatic rings. The van der Waals surface area contributed by atoms with Crippen molar-refractivity contribution >= 4 is 34.1 Å². The van der Waals surface area contributed by atoms with E-state index in [1.54, 1.807) is 0 Å². The van der Waals surface area contributed by atoms with Gasteiger partial charge in [-0.25, -0.2) is 0 Å². The molecule has 1 unspecified atom stereocenters. The first kappa shape index (κ1) is 8.99. The summed E-state index contributed by atoms with van der Waals surface area (Å²) in [6.45, 7) is 2.03. The third-order valence-corrected chi connectivity index (χ3v) is 2.85. The zero-order valence-electron chi connectivity index (χ0n) is 7.30. The van der Waals surface area contributed by atoms with Gasteiger partial charge in [0.15, 0.2) is 5.78 Å². The third-order valence-electron chi connectivity index (χ3n) is 2.18. The van der Waals surface area contributed by atoms with Crippen molar-refractivity contribution in [2.75, 3.05) is 5.32 Å². The van der Waals surface area contributed by atoms with Crippen LogP contribution in [0.4, 0.5) is 5.69 Å². The van der Waals surface area contributed by atoms with Crippen LogP contribution in [-0.4, -0.2) is 11.8 Å². The molecule has 3 heteroatoms. The van der Waals surface area contributed by atoms with Crippen molar-refractivity contribution in [2.45, 2.75) is 19.4 Å². The quantitative estimate of drug-likeness (QED) is 0.743. The smallest absolute Gasteiger partial charge is 0.167 e. The van der Waals surface area contributed by atoms with Crippen LogP contribution in [0.15, 0.2) is 18.2 Å². The number of halogens is 1. The summed E-state index contributed by atoms with van der Waals surface area (Å²) in [4.78, 5) is 11.6. The molecule has 1 aromatic carbocycles. The van der Waals surface area contributed by atoms with E-state index in [9.17, 15) is 4.79 Å². The van der Waals surface area contributed by atoms with Gasteiger partial charge in [0.25, 0.3) is 0 Å². The number of carbonyl (C=O) groups is 1. The van der Waals surface area contributed by atoms with Crippen molar-refractivity contribution in [3.63, 3.8) is 0 Å². The minimum Gasteiger partial charge on any atom is -0.382 e. The molecule has 0 radical (unpaired) electrons. The second-order valence-corrected chi connectivity index (χ2v) is 4.61. The molecular formula is C10H10INO. The number of ketones is 1. The number of fused-ring (bicyclic) bond motifs is 1. The number of carbonyl (C=O) groups excluding carboxylic acids is 1. The normalized spacial score (nSPS) is 20.8. The lowest BCUT2D eigenvalue weighted by Crippen LogP contribution is -2.26. The highest BCUT2D eigenvalue weighted by atomic mass is 127. The van der Waals surface area contributed by atoms with Crippen LogP contribution in [0, 0.1) is 3.57 Å². The number of hydrogen-bond acceptors (Lipinski definition) is 2. The predicted octanol–water partition coefficient (Wildman–Crippen LogP) is 2.68. The zero-order valence-corrected chi connectivity index (χ0v) is 9.46. The van der Waals surface area contributed by atoms with Crippen molar-refractivity contribution in [1.82, 2.24) is 0 Å². The predicted molar refractivity (Wildman–Crippen MR) is 61.2 cm³/mol. The molecule has 0 spiro atoms. The number of Topliss-reactive ketones (excluding diaryl/α,β-unsaturated/α-hetero) is 1. The monoisotopic (exact) mass is 287 g/mol. The zero-order chi connectivity index (χ0) is 9.42. The Labute approximate surface area is 90.9 Å². The molecule has 0 saturated carbocycles. The molecule has 2 nitrogen and oxygen atoms in total. The summed E-state index contributed by atoms with van der Waals surface area (Å²) >= 11 is 2.22. The Morgan fingerprint density at radius 1 is 1.54 bits per heavy atom. The molecule has 1 atom stereocenters. The summed E-state index contributed by atoms with van der Waals surface area (Å²) in [5.74, 6) is 0.250. The first-order valence-corrected chi connectivity index (χ1v) is 5.34. The lowest BCUT2D eigenvalue weighted by atomic mass is 9.98. The molecule has 68 valence electrons. The van der Waals surface area contributed by atoms with Gasteiger partial charge in [0.05, 0.1) is 0 Å². The second-order valence-electron chi connectivity index (χ2n) is 3.36. The second kappa shape index (κ2) is 3.29. The molecule has 2 rings (SSSR count). The van der Waals surface area contributed by atoms with Gasteiger partial charge in [-0.3, -0.25) is 4.79 Å². The fourth-order valence-corrected chi connectivity index (χ4v) is 2.07. The van der Waals surface area contributed by atoms with Crippen molar-refractivity contribution in [2.24, 2.45) is 0 Å². The minimum atomic E-state index is 0.250. The molecule has 0 amide bonds. The van der Waals surface area contributed by atoms with E-state index in [4.69, 9.17) is 0 Å². The summed E-state index contributed by atoms with van der Waals surface area (Å²) in [5, 5.41) is 3.29. The van der Waals surface area contributed by atoms with E-state index in [1.165, 1.54) is 0 Å². The van der Waals surface area contributed by atoms with E-state index in [1.807, 2.05) is 25.1 Å². The number of hydrogen-bond donors (Lipinski definition) is 1. The molecule has 0 saturated heterocycles. The van der Waals surface area contributed by atoms with Crippen LogP contribution < -0.4 is 5.32 Å². The van der Waals surface area contributed by atoms with Crippen LogP contribution in [0.3, 0.4) is 0 Å². The molecule has 1 heterocycles. The van der Waals surface area contributed by atoms with E-state index >= 15 is 0 Å². The molecule has 1 N–H and O–H groups in total. The van der Waals surface area contributed by atoms with Gasteiger partial charge in [-0.2, -0.15) is 0 Å². The highest BCUT2D eigenvalue weighted by Gasteiger charge is 2.21. The fourth-order valence-electron chi connectivity index (χ4n) is 1.58. The standard InChI is InChI=1S/C10H10INO/c1-6-4-10(13)8-5-7(11)2-3-9(8)12-6/h2-3,5-6,12H,4H2,1H3. The van der Waals surface area contributed by atoms with E-state index < -0.39 is 0 Å². The summed E-state index contributed by atoms with van der Waals surface area (Å²) < 4.78 is 1.11.